The van der Waals surface area contributed by atoms with Crippen molar-refractivity contribution in [3.8, 4) is 0 Å². The summed E-state index contributed by atoms with van der Waals surface area (Å²) in [7, 11) is 1.33. The van der Waals surface area contributed by atoms with Gasteiger partial charge in [-0.25, -0.2) is 4.79 Å². The third-order valence-electron chi connectivity index (χ3n) is 4.64. The van der Waals surface area contributed by atoms with Crippen LogP contribution in [0.3, 0.4) is 0 Å². The van der Waals surface area contributed by atoms with E-state index in [0.717, 1.165) is 17.3 Å². The monoisotopic (exact) mass is 552 g/mol. The number of ether oxygens (including phenoxy) is 1. The van der Waals surface area contributed by atoms with Crippen LogP contribution in [0.15, 0.2) is 42.8 Å². The molecule has 4 atom stereocenters. The molecule has 0 saturated heterocycles. The summed E-state index contributed by atoms with van der Waals surface area (Å²) < 4.78 is 6.69. The molecule has 0 aromatic carbocycles. The van der Waals surface area contributed by atoms with Gasteiger partial charge < -0.3 is 14.9 Å². The van der Waals surface area contributed by atoms with E-state index in [1.807, 2.05) is 24.3 Å². The highest BCUT2D eigenvalue weighted by Crippen LogP contribution is 2.54. The van der Waals surface area contributed by atoms with Gasteiger partial charge in [-0.3, -0.25) is 0 Å². The Morgan fingerprint density at radius 2 is 1.56 bits per heavy atom. The smallest absolute Gasteiger partial charge is 0.344 e. The van der Waals surface area contributed by atoms with E-state index in [0.29, 0.717) is 4.91 Å². The first kappa shape index (κ1) is 21.5. The Bertz CT molecular complexity index is 885. The zero-order valence-corrected chi connectivity index (χ0v) is 20.4. The minimum atomic E-state index is -1.26. The van der Waals surface area contributed by atoms with Crippen molar-refractivity contribution in [2.75, 3.05) is 7.11 Å². The average molecular weight is 554 g/mol. The average Bonchev–Trinajstić information content (AvgIpc) is 3.33. The van der Waals surface area contributed by atoms with Crippen LogP contribution in [0, 0.1) is 5.92 Å². The third kappa shape index (κ3) is 4.10. The summed E-state index contributed by atoms with van der Waals surface area (Å²) in [5.41, 5.74) is -2.51. The fourth-order valence-electron chi connectivity index (χ4n) is 3.12. The second kappa shape index (κ2) is 7.93. The molecule has 4 nitrogen and oxygen atoms in total. The zero-order chi connectivity index (χ0) is 20.0. The number of carbonyl (C=O) groups excluding carboxylic acids is 1. The Morgan fingerprint density at radius 1 is 1.04 bits per heavy atom. The number of esters is 1. The Hall–Kier alpha value is -0.160. The zero-order valence-electron chi connectivity index (χ0n) is 14.7. The lowest BCUT2D eigenvalue weighted by molar-refractivity contribution is -0.135. The molecule has 0 spiro atoms. The van der Waals surface area contributed by atoms with Gasteiger partial charge in [0, 0.05) is 15.7 Å². The molecule has 0 aliphatic carbocycles. The summed E-state index contributed by atoms with van der Waals surface area (Å²) in [6.45, 7) is 3.45. The van der Waals surface area contributed by atoms with Crippen molar-refractivity contribution < 1.29 is 19.7 Å². The highest BCUT2D eigenvalue weighted by molar-refractivity contribution is 9.11. The SMILES string of the molecule is COC(=O)C1=CC(C(C)(O)c2ccc(Br)s2)C(C(C)(O)c2ccc(Br)s2)S1. The van der Waals surface area contributed by atoms with Crippen LogP contribution in [0.1, 0.15) is 23.6 Å². The lowest BCUT2D eigenvalue weighted by Crippen LogP contribution is -2.44. The third-order valence-corrected chi connectivity index (χ3v) is 9.91. The van der Waals surface area contributed by atoms with E-state index in [1.54, 1.807) is 19.9 Å². The van der Waals surface area contributed by atoms with E-state index >= 15 is 0 Å². The van der Waals surface area contributed by atoms with Crippen LogP contribution >= 0.6 is 66.3 Å². The topological polar surface area (TPSA) is 66.8 Å². The number of thioether (sulfide) groups is 1. The number of halogens is 2. The van der Waals surface area contributed by atoms with Crippen LogP contribution in [0.25, 0.3) is 0 Å². The molecular weight excluding hydrogens is 536 g/mol. The summed E-state index contributed by atoms with van der Waals surface area (Å²) in [4.78, 5) is 14.1. The molecule has 0 bridgehead atoms. The molecule has 9 heteroatoms. The number of carbonyl (C=O) groups is 1. The van der Waals surface area contributed by atoms with Gasteiger partial charge in [0.1, 0.15) is 11.2 Å². The predicted molar refractivity (Wildman–Crippen MR) is 118 cm³/mol. The molecule has 146 valence electrons. The highest BCUT2D eigenvalue weighted by Gasteiger charge is 2.52. The van der Waals surface area contributed by atoms with E-state index in [2.05, 4.69) is 31.9 Å². The maximum Gasteiger partial charge on any atom is 0.344 e. The van der Waals surface area contributed by atoms with E-state index in [4.69, 9.17) is 4.74 Å². The van der Waals surface area contributed by atoms with E-state index < -0.39 is 28.3 Å². The van der Waals surface area contributed by atoms with Crippen molar-refractivity contribution in [3.63, 3.8) is 0 Å². The molecule has 0 saturated carbocycles. The molecule has 2 aromatic rings. The second-order valence-corrected chi connectivity index (χ2v) is 12.7. The molecule has 0 radical (unpaired) electrons. The van der Waals surface area contributed by atoms with Gasteiger partial charge in [-0.1, -0.05) is 6.08 Å². The Balaban J connectivity index is 2.05. The van der Waals surface area contributed by atoms with Crippen LogP contribution in [-0.4, -0.2) is 28.5 Å². The van der Waals surface area contributed by atoms with Crippen molar-refractivity contribution in [3.05, 3.63) is 52.6 Å². The van der Waals surface area contributed by atoms with Crippen LogP contribution in [0.4, 0.5) is 0 Å². The molecule has 1 aliphatic heterocycles. The molecule has 0 amide bonds. The van der Waals surface area contributed by atoms with Crippen LogP contribution in [0.5, 0.6) is 0 Å². The van der Waals surface area contributed by atoms with Gasteiger partial charge in [-0.05, 0) is 70.0 Å². The van der Waals surface area contributed by atoms with Crippen molar-refractivity contribution in [2.45, 2.75) is 30.3 Å². The van der Waals surface area contributed by atoms with Gasteiger partial charge in [-0.15, -0.1) is 34.4 Å². The molecule has 2 aromatic heterocycles. The van der Waals surface area contributed by atoms with E-state index in [9.17, 15) is 15.0 Å². The van der Waals surface area contributed by atoms with Crippen LogP contribution in [-0.2, 0) is 20.7 Å². The minimum Gasteiger partial charge on any atom is -0.465 e. The van der Waals surface area contributed by atoms with E-state index in [-0.39, 0.29) is 0 Å². The Morgan fingerprint density at radius 3 is 2.00 bits per heavy atom. The Labute approximate surface area is 186 Å². The van der Waals surface area contributed by atoms with Crippen LogP contribution in [0.2, 0.25) is 0 Å². The minimum absolute atomic E-state index is 0.402. The molecule has 1 aliphatic rings. The maximum atomic E-state index is 12.2. The predicted octanol–water partition coefficient (Wildman–Crippen LogP) is 5.24. The van der Waals surface area contributed by atoms with Gasteiger partial charge in [0.25, 0.3) is 0 Å². The lowest BCUT2D eigenvalue weighted by atomic mass is 9.78. The quantitative estimate of drug-likeness (QED) is 0.496. The second-order valence-electron chi connectivity index (χ2n) is 6.59. The van der Waals surface area contributed by atoms with Crippen molar-refractivity contribution in [2.24, 2.45) is 5.92 Å². The summed E-state index contributed by atoms with van der Waals surface area (Å²) in [6.07, 6.45) is 1.73. The Kier molecular flexibility index (Phi) is 6.33. The lowest BCUT2D eigenvalue weighted by Gasteiger charge is -2.39. The number of aliphatic hydroxyl groups is 2. The number of rotatable bonds is 5. The first-order valence-electron chi connectivity index (χ1n) is 8.00. The number of methoxy groups -OCH3 is 1. The molecule has 3 rings (SSSR count). The van der Waals surface area contributed by atoms with Crippen molar-refractivity contribution in [1.29, 1.82) is 0 Å². The van der Waals surface area contributed by atoms with Crippen molar-refractivity contribution in [1.82, 2.24) is 0 Å². The van der Waals surface area contributed by atoms with Crippen LogP contribution < -0.4 is 0 Å². The standard InChI is InChI=1S/C18H18Br2O4S3/c1-17(22,11-4-6-13(19)26-11)9-8-10(16(21)24-3)25-15(9)18(2,23)12-5-7-14(20)27-12/h4-9,15,22-23H,1-3H3. The molecule has 3 heterocycles. The number of hydrogen-bond acceptors (Lipinski definition) is 7. The van der Waals surface area contributed by atoms with Gasteiger partial charge in [0.05, 0.1) is 24.8 Å². The molecule has 27 heavy (non-hydrogen) atoms. The van der Waals surface area contributed by atoms with Crippen molar-refractivity contribution >= 4 is 72.3 Å². The summed E-state index contributed by atoms with van der Waals surface area (Å²) in [6, 6.07) is 7.48. The molecular formula is C18H18Br2O4S3. The summed E-state index contributed by atoms with van der Waals surface area (Å²) in [5, 5.41) is 22.4. The first-order chi connectivity index (χ1) is 12.6. The van der Waals surface area contributed by atoms with Gasteiger partial charge >= 0.3 is 5.97 Å². The van der Waals surface area contributed by atoms with E-state index in [1.165, 1.54) is 41.5 Å². The normalized spacial score (nSPS) is 24.2. The van der Waals surface area contributed by atoms with Gasteiger partial charge in [-0.2, -0.15) is 0 Å². The maximum absolute atomic E-state index is 12.2. The first-order valence-corrected chi connectivity index (χ1v) is 12.1. The van der Waals surface area contributed by atoms with Gasteiger partial charge in [0.2, 0.25) is 0 Å². The van der Waals surface area contributed by atoms with Gasteiger partial charge in [0.15, 0.2) is 0 Å². The largest absolute Gasteiger partial charge is 0.465 e. The summed E-state index contributed by atoms with van der Waals surface area (Å²) >= 11 is 11.0. The number of hydrogen-bond donors (Lipinski definition) is 2. The summed E-state index contributed by atoms with van der Waals surface area (Å²) in [5.74, 6) is -0.947. The fourth-order valence-corrected chi connectivity index (χ4v) is 7.67. The fraction of sp³-hybridized carbons (Fsp3) is 0.389. The highest BCUT2D eigenvalue weighted by atomic mass is 79.9. The molecule has 0 fully saturated rings. The molecule has 4 unspecified atom stereocenters. The number of thiophene rings is 2. The molecule has 2 N–H and O–H groups in total.